The summed E-state index contributed by atoms with van der Waals surface area (Å²) in [6, 6.07) is 12.8. The molecule has 0 radical (unpaired) electrons. The molecule has 4 N–H and O–H groups in total. The number of nitrogens with zero attached hydrogens (tertiary/aromatic N) is 5. The number of anilines is 2. The van der Waals surface area contributed by atoms with Crippen molar-refractivity contribution in [3.8, 4) is 0 Å². The van der Waals surface area contributed by atoms with Gasteiger partial charge in [0.05, 0.1) is 5.56 Å². The molecule has 1 aromatic heterocycles. The Balaban J connectivity index is 1.63. The molecule has 0 atom stereocenters. The number of benzene rings is 1. The molecule has 2 aliphatic rings. The number of rotatable bonds is 5. The third-order valence-corrected chi connectivity index (χ3v) is 5.80. The predicted octanol–water partition coefficient (Wildman–Crippen LogP) is 3.18. The topological polar surface area (TPSA) is 96.1 Å². The van der Waals surface area contributed by atoms with Crippen LogP contribution in [0.5, 0.6) is 0 Å². The van der Waals surface area contributed by atoms with E-state index in [1.807, 2.05) is 12.1 Å². The van der Waals surface area contributed by atoms with E-state index >= 15 is 0 Å². The maximum absolute atomic E-state index is 6.19. The van der Waals surface area contributed by atoms with Crippen LogP contribution in [0.4, 0.5) is 11.5 Å². The average Bonchev–Trinajstić information content (AvgIpc) is 3.14. The molecular weight excluding hydrogens is 386 g/mol. The van der Waals surface area contributed by atoms with E-state index in [9.17, 15) is 0 Å². The Bertz CT molecular complexity index is 999. The first-order chi connectivity index (χ1) is 15.1. The van der Waals surface area contributed by atoms with Crippen molar-refractivity contribution in [3.05, 3.63) is 65.5 Å². The van der Waals surface area contributed by atoms with Gasteiger partial charge in [-0.3, -0.25) is 14.8 Å². The molecule has 31 heavy (non-hydrogen) atoms. The van der Waals surface area contributed by atoms with Crippen molar-refractivity contribution in [2.75, 3.05) is 30.8 Å². The molecule has 0 amide bonds. The predicted molar refractivity (Wildman–Crippen MR) is 128 cm³/mol. The molecule has 1 saturated heterocycles. The maximum atomic E-state index is 6.19. The van der Waals surface area contributed by atoms with Crippen molar-refractivity contribution in [2.45, 2.75) is 38.8 Å². The Labute approximate surface area is 184 Å². The molecule has 3 heterocycles. The summed E-state index contributed by atoms with van der Waals surface area (Å²) < 4.78 is 0. The number of pyridine rings is 1. The number of piperidine rings is 1. The standard InChI is InChI=1S/C24H31N7/c1-3-5-21-24(27-2)31(23(29-21)20-6-4-13-28-22(20)26)19-9-7-17(8-10-19)16-30-14-11-18(25)12-15-30/h4-10,13,18H,3,11-12,14-16,25H2,1-2H3,(H2,26,28)/b21-5+,27-24?. The zero-order valence-electron chi connectivity index (χ0n) is 18.3. The fourth-order valence-corrected chi connectivity index (χ4v) is 4.13. The van der Waals surface area contributed by atoms with Gasteiger partial charge in [0.25, 0.3) is 0 Å². The molecule has 1 aromatic carbocycles. The first-order valence-corrected chi connectivity index (χ1v) is 10.9. The molecule has 162 valence electrons. The number of amidine groups is 2. The summed E-state index contributed by atoms with van der Waals surface area (Å²) in [5, 5.41) is 0. The average molecular weight is 418 g/mol. The normalized spacial score (nSPS) is 20.6. The summed E-state index contributed by atoms with van der Waals surface area (Å²) in [6.45, 7) is 5.16. The number of allylic oxidation sites excluding steroid dienone is 1. The van der Waals surface area contributed by atoms with E-state index in [0.29, 0.717) is 11.9 Å². The molecule has 0 bridgehead atoms. The van der Waals surface area contributed by atoms with Gasteiger partial charge in [0.15, 0.2) is 11.7 Å². The maximum Gasteiger partial charge on any atom is 0.159 e. The molecule has 1 fully saturated rings. The van der Waals surface area contributed by atoms with E-state index in [0.717, 1.165) is 67.5 Å². The SMILES string of the molecule is CC/C=C1/N=C(c2cccnc2N)N(c2ccc(CN3CCC(N)CC3)cc2)C1=NC. The quantitative estimate of drug-likeness (QED) is 0.779. The molecule has 7 nitrogen and oxygen atoms in total. The second-order valence-electron chi connectivity index (χ2n) is 8.03. The molecule has 0 unspecified atom stereocenters. The lowest BCUT2D eigenvalue weighted by atomic mass is 10.1. The highest BCUT2D eigenvalue weighted by Crippen LogP contribution is 2.29. The third kappa shape index (κ3) is 4.52. The van der Waals surface area contributed by atoms with Crippen LogP contribution in [0.2, 0.25) is 0 Å². The molecule has 7 heteroatoms. The van der Waals surface area contributed by atoms with Crippen LogP contribution in [0, 0.1) is 0 Å². The molecule has 0 saturated carbocycles. The summed E-state index contributed by atoms with van der Waals surface area (Å²) >= 11 is 0. The highest BCUT2D eigenvalue weighted by atomic mass is 15.3. The van der Waals surface area contributed by atoms with Crippen LogP contribution in [0.1, 0.15) is 37.3 Å². The van der Waals surface area contributed by atoms with Crippen LogP contribution in [-0.2, 0) is 6.54 Å². The van der Waals surface area contributed by atoms with Crippen molar-refractivity contribution in [1.29, 1.82) is 0 Å². The lowest BCUT2D eigenvalue weighted by Crippen LogP contribution is -2.39. The van der Waals surface area contributed by atoms with Crippen LogP contribution in [-0.4, -0.2) is 47.7 Å². The van der Waals surface area contributed by atoms with Crippen molar-refractivity contribution in [1.82, 2.24) is 9.88 Å². The minimum Gasteiger partial charge on any atom is -0.383 e. The lowest BCUT2D eigenvalue weighted by molar-refractivity contribution is 0.205. The van der Waals surface area contributed by atoms with E-state index in [1.165, 1.54) is 5.56 Å². The van der Waals surface area contributed by atoms with Crippen LogP contribution < -0.4 is 16.4 Å². The van der Waals surface area contributed by atoms with Gasteiger partial charge in [-0.1, -0.05) is 25.1 Å². The number of nitrogen functional groups attached to an aromatic ring is 1. The summed E-state index contributed by atoms with van der Waals surface area (Å²) in [5.41, 5.74) is 16.2. The van der Waals surface area contributed by atoms with Gasteiger partial charge >= 0.3 is 0 Å². The van der Waals surface area contributed by atoms with Gasteiger partial charge in [-0.15, -0.1) is 0 Å². The number of hydrogen-bond acceptors (Lipinski definition) is 6. The van der Waals surface area contributed by atoms with E-state index < -0.39 is 0 Å². The Kier molecular flexibility index (Phi) is 6.44. The van der Waals surface area contributed by atoms with Gasteiger partial charge in [-0.25, -0.2) is 9.98 Å². The van der Waals surface area contributed by atoms with E-state index in [2.05, 4.69) is 57.0 Å². The zero-order chi connectivity index (χ0) is 21.8. The van der Waals surface area contributed by atoms with Crippen LogP contribution in [0.15, 0.2) is 64.4 Å². The number of aliphatic imine (C=N–C) groups is 2. The van der Waals surface area contributed by atoms with Gasteiger partial charge in [-0.2, -0.15) is 0 Å². The van der Waals surface area contributed by atoms with Gasteiger partial charge in [0, 0.05) is 31.5 Å². The summed E-state index contributed by atoms with van der Waals surface area (Å²) in [5.74, 6) is 2.03. The van der Waals surface area contributed by atoms with Crippen molar-refractivity contribution >= 4 is 23.2 Å². The van der Waals surface area contributed by atoms with Crippen LogP contribution in [0.3, 0.4) is 0 Å². The summed E-state index contributed by atoms with van der Waals surface area (Å²) in [7, 11) is 1.80. The van der Waals surface area contributed by atoms with Crippen molar-refractivity contribution in [3.63, 3.8) is 0 Å². The third-order valence-electron chi connectivity index (χ3n) is 5.80. The Morgan fingerprint density at radius 2 is 1.90 bits per heavy atom. The number of likely N-dealkylation sites (tertiary alicyclic amines) is 1. The number of aromatic nitrogens is 1. The van der Waals surface area contributed by atoms with Gasteiger partial charge in [-0.05, 0) is 62.2 Å². The Morgan fingerprint density at radius 3 is 2.55 bits per heavy atom. The fraction of sp³-hybridized carbons (Fsp3) is 0.375. The highest BCUT2D eigenvalue weighted by molar-refractivity contribution is 6.34. The monoisotopic (exact) mass is 417 g/mol. The molecule has 2 aliphatic heterocycles. The van der Waals surface area contributed by atoms with Crippen molar-refractivity contribution < 1.29 is 0 Å². The smallest absolute Gasteiger partial charge is 0.159 e. The minimum atomic E-state index is 0.350. The van der Waals surface area contributed by atoms with Gasteiger partial charge in [0.1, 0.15) is 11.5 Å². The van der Waals surface area contributed by atoms with Gasteiger partial charge < -0.3 is 11.5 Å². The zero-order valence-corrected chi connectivity index (χ0v) is 18.3. The number of hydrogen-bond donors (Lipinski definition) is 2. The molecular formula is C24H31N7. The van der Waals surface area contributed by atoms with Crippen molar-refractivity contribution in [2.24, 2.45) is 15.7 Å². The second kappa shape index (κ2) is 9.41. The van der Waals surface area contributed by atoms with Crippen LogP contribution in [0.25, 0.3) is 0 Å². The molecule has 0 aliphatic carbocycles. The number of nitrogens with two attached hydrogens (primary N) is 2. The second-order valence-corrected chi connectivity index (χ2v) is 8.03. The van der Waals surface area contributed by atoms with Gasteiger partial charge in [0.2, 0.25) is 0 Å². The van der Waals surface area contributed by atoms with E-state index in [4.69, 9.17) is 16.5 Å². The lowest BCUT2D eigenvalue weighted by Gasteiger charge is -2.30. The van der Waals surface area contributed by atoms with E-state index in [1.54, 1.807) is 13.2 Å². The highest BCUT2D eigenvalue weighted by Gasteiger charge is 2.31. The molecule has 4 rings (SSSR count). The first kappa shape index (κ1) is 21.2. The molecule has 2 aromatic rings. The minimum absolute atomic E-state index is 0.350. The van der Waals surface area contributed by atoms with Crippen LogP contribution >= 0.6 is 0 Å². The Hall–Kier alpha value is -3.03. The largest absolute Gasteiger partial charge is 0.383 e. The summed E-state index contributed by atoms with van der Waals surface area (Å²) in [6.07, 6.45) is 6.80. The summed E-state index contributed by atoms with van der Waals surface area (Å²) in [4.78, 5) is 18.2. The molecule has 0 spiro atoms. The Morgan fingerprint density at radius 1 is 1.16 bits per heavy atom. The fourth-order valence-electron chi connectivity index (χ4n) is 4.13. The van der Waals surface area contributed by atoms with E-state index in [-0.39, 0.29) is 0 Å². The first-order valence-electron chi connectivity index (χ1n) is 10.9.